The number of aliphatic hydroxyl groups excluding tert-OH is 1. The Bertz CT molecular complexity index is 251. The molecular formula is C12H20O3. The SMILES string of the molecule is COC(=O)C1CCCC2(CCCC2O)C1. The molecule has 0 saturated heterocycles. The van der Waals surface area contributed by atoms with Crippen LogP contribution in [0.4, 0.5) is 0 Å². The highest BCUT2D eigenvalue weighted by atomic mass is 16.5. The zero-order valence-electron chi connectivity index (χ0n) is 9.37. The molecule has 0 aliphatic heterocycles. The average molecular weight is 212 g/mol. The number of carbonyl (C=O) groups is 1. The number of hydrogen-bond acceptors (Lipinski definition) is 3. The average Bonchev–Trinajstić information content (AvgIpc) is 2.59. The molecule has 86 valence electrons. The van der Waals surface area contributed by atoms with E-state index in [9.17, 15) is 9.90 Å². The summed E-state index contributed by atoms with van der Waals surface area (Å²) in [6, 6.07) is 0. The first-order chi connectivity index (χ1) is 7.18. The number of methoxy groups -OCH3 is 1. The van der Waals surface area contributed by atoms with Crippen LogP contribution in [0.1, 0.15) is 44.9 Å². The molecule has 0 aromatic heterocycles. The second-order valence-electron chi connectivity index (χ2n) is 5.09. The molecule has 2 saturated carbocycles. The Balaban J connectivity index is 2.06. The first kappa shape index (κ1) is 10.9. The molecule has 3 nitrogen and oxygen atoms in total. The molecule has 3 heteroatoms. The normalized spacial score (nSPS) is 40.7. The highest BCUT2D eigenvalue weighted by molar-refractivity contribution is 5.72. The van der Waals surface area contributed by atoms with Crippen LogP contribution in [0.3, 0.4) is 0 Å². The third-order valence-electron chi connectivity index (χ3n) is 4.27. The van der Waals surface area contributed by atoms with Crippen molar-refractivity contribution in [1.29, 1.82) is 0 Å². The van der Waals surface area contributed by atoms with Crippen LogP contribution in [-0.2, 0) is 9.53 Å². The molecule has 15 heavy (non-hydrogen) atoms. The van der Waals surface area contributed by atoms with E-state index in [-0.39, 0.29) is 23.4 Å². The lowest BCUT2D eigenvalue weighted by atomic mass is 9.67. The summed E-state index contributed by atoms with van der Waals surface area (Å²) in [6.07, 6.45) is 6.82. The molecule has 2 aliphatic rings. The Morgan fingerprint density at radius 2 is 2.00 bits per heavy atom. The van der Waals surface area contributed by atoms with Gasteiger partial charge >= 0.3 is 5.97 Å². The maximum absolute atomic E-state index is 11.5. The van der Waals surface area contributed by atoms with Gasteiger partial charge in [-0.25, -0.2) is 0 Å². The second-order valence-corrected chi connectivity index (χ2v) is 5.09. The molecule has 3 unspecified atom stereocenters. The van der Waals surface area contributed by atoms with E-state index in [1.807, 2.05) is 0 Å². The quantitative estimate of drug-likeness (QED) is 0.675. The second kappa shape index (κ2) is 4.12. The lowest BCUT2D eigenvalue weighted by Crippen LogP contribution is -2.38. The highest BCUT2D eigenvalue weighted by Crippen LogP contribution is 2.50. The molecular weight excluding hydrogens is 192 g/mol. The monoisotopic (exact) mass is 212 g/mol. The van der Waals surface area contributed by atoms with Crippen molar-refractivity contribution in [1.82, 2.24) is 0 Å². The zero-order valence-corrected chi connectivity index (χ0v) is 9.37. The van der Waals surface area contributed by atoms with Crippen molar-refractivity contribution >= 4 is 5.97 Å². The molecule has 0 bridgehead atoms. The van der Waals surface area contributed by atoms with Gasteiger partial charge in [-0.05, 0) is 37.5 Å². The van der Waals surface area contributed by atoms with Crippen molar-refractivity contribution in [2.45, 2.75) is 51.0 Å². The summed E-state index contributed by atoms with van der Waals surface area (Å²) in [7, 11) is 1.45. The van der Waals surface area contributed by atoms with Crippen molar-refractivity contribution in [3.05, 3.63) is 0 Å². The van der Waals surface area contributed by atoms with Gasteiger partial charge in [0.05, 0.1) is 19.1 Å². The summed E-state index contributed by atoms with van der Waals surface area (Å²) in [5, 5.41) is 10.0. The van der Waals surface area contributed by atoms with Crippen LogP contribution >= 0.6 is 0 Å². The first-order valence-corrected chi connectivity index (χ1v) is 5.94. The van der Waals surface area contributed by atoms with Gasteiger partial charge in [-0.3, -0.25) is 4.79 Å². The van der Waals surface area contributed by atoms with Gasteiger partial charge in [0.15, 0.2) is 0 Å². The number of ether oxygens (including phenoxy) is 1. The molecule has 1 N–H and O–H groups in total. The van der Waals surface area contributed by atoms with Gasteiger partial charge < -0.3 is 9.84 Å². The zero-order chi connectivity index (χ0) is 10.9. The predicted octanol–water partition coefficient (Wildman–Crippen LogP) is 1.88. The smallest absolute Gasteiger partial charge is 0.308 e. The fourth-order valence-corrected chi connectivity index (χ4v) is 3.41. The van der Waals surface area contributed by atoms with Gasteiger partial charge in [-0.15, -0.1) is 0 Å². The van der Waals surface area contributed by atoms with Crippen LogP contribution in [0, 0.1) is 11.3 Å². The van der Waals surface area contributed by atoms with Gasteiger partial charge in [-0.1, -0.05) is 12.8 Å². The third-order valence-corrected chi connectivity index (χ3v) is 4.27. The van der Waals surface area contributed by atoms with Gasteiger partial charge in [0.25, 0.3) is 0 Å². The molecule has 2 rings (SSSR count). The van der Waals surface area contributed by atoms with Crippen molar-refractivity contribution in [3.63, 3.8) is 0 Å². The van der Waals surface area contributed by atoms with Crippen LogP contribution in [-0.4, -0.2) is 24.3 Å². The molecule has 0 amide bonds. The number of carbonyl (C=O) groups excluding carboxylic acids is 1. The summed E-state index contributed by atoms with van der Waals surface area (Å²) >= 11 is 0. The van der Waals surface area contributed by atoms with Crippen LogP contribution in [0.2, 0.25) is 0 Å². The molecule has 0 aromatic rings. The molecule has 1 spiro atoms. The van der Waals surface area contributed by atoms with E-state index in [1.54, 1.807) is 0 Å². The van der Waals surface area contributed by atoms with E-state index in [4.69, 9.17) is 4.74 Å². The van der Waals surface area contributed by atoms with Gasteiger partial charge in [-0.2, -0.15) is 0 Å². The number of esters is 1. The van der Waals surface area contributed by atoms with E-state index in [0.29, 0.717) is 0 Å². The van der Waals surface area contributed by atoms with Crippen LogP contribution in [0.5, 0.6) is 0 Å². The first-order valence-electron chi connectivity index (χ1n) is 5.94. The summed E-state index contributed by atoms with van der Waals surface area (Å²) in [4.78, 5) is 11.5. The fourth-order valence-electron chi connectivity index (χ4n) is 3.41. The minimum atomic E-state index is -0.190. The Kier molecular flexibility index (Phi) is 3.01. The fraction of sp³-hybridized carbons (Fsp3) is 0.917. The van der Waals surface area contributed by atoms with E-state index in [1.165, 1.54) is 7.11 Å². The summed E-state index contributed by atoms with van der Waals surface area (Å²) in [6.45, 7) is 0. The molecule has 2 fully saturated rings. The van der Waals surface area contributed by atoms with Gasteiger partial charge in [0.2, 0.25) is 0 Å². The van der Waals surface area contributed by atoms with E-state index in [0.717, 1.165) is 44.9 Å². The lowest BCUT2D eigenvalue weighted by molar-refractivity contribution is -0.149. The topological polar surface area (TPSA) is 46.5 Å². The lowest BCUT2D eigenvalue weighted by Gasteiger charge is -2.39. The van der Waals surface area contributed by atoms with Crippen LogP contribution in [0.15, 0.2) is 0 Å². The minimum absolute atomic E-state index is 0.0245. The van der Waals surface area contributed by atoms with Crippen molar-refractivity contribution in [2.75, 3.05) is 7.11 Å². The van der Waals surface area contributed by atoms with E-state index >= 15 is 0 Å². The third kappa shape index (κ3) is 1.89. The maximum atomic E-state index is 11.5. The summed E-state index contributed by atoms with van der Waals surface area (Å²) < 4.78 is 4.81. The number of hydrogen-bond donors (Lipinski definition) is 1. The summed E-state index contributed by atoms with van der Waals surface area (Å²) in [5.74, 6) is -0.0651. The van der Waals surface area contributed by atoms with Crippen LogP contribution < -0.4 is 0 Å². The largest absolute Gasteiger partial charge is 0.469 e. The summed E-state index contributed by atoms with van der Waals surface area (Å²) in [5.41, 5.74) is 0.0388. The van der Waals surface area contributed by atoms with Crippen molar-refractivity contribution in [2.24, 2.45) is 11.3 Å². The van der Waals surface area contributed by atoms with E-state index < -0.39 is 0 Å². The number of aliphatic hydroxyl groups is 1. The number of rotatable bonds is 1. The Morgan fingerprint density at radius 3 is 2.53 bits per heavy atom. The Labute approximate surface area is 90.8 Å². The van der Waals surface area contributed by atoms with Gasteiger partial charge in [0.1, 0.15) is 0 Å². The molecule has 0 radical (unpaired) electrons. The Hall–Kier alpha value is -0.570. The molecule has 3 atom stereocenters. The maximum Gasteiger partial charge on any atom is 0.308 e. The Morgan fingerprint density at radius 1 is 1.33 bits per heavy atom. The highest BCUT2D eigenvalue weighted by Gasteiger charge is 2.46. The molecule has 2 aliphatic carbocycles. The van der Waals surface area contributed by atoms with Crippen molar-refractivity contribution < 1.29 is 14.6 Å². The predicted molar refractivity (Wildman–Crippen MR) is 56.3 cm³/mol. The van der Waals surface area contributed by atoms with Crippen molar-refractivity contribution in [3.8, 4) is 0 Å². The molecule has 0 heterocycles. The van der Waals surface area contributed by atoms with Gasteiger partial charge in [0, 0.05) is 0 Å². The van der Waals surface area contributed by atoms with E-state index in [2.05, 4.69) is 0 Å². The van der Waals surface area contributed by atoms with Crippen LogP contribution in [0.25, 0.3) is 0 Å². The minimum Gasteiger partial charge on any atom is -0.469 e. The standard InChI is InChI=1S/C12H20O3/c1-15-11(14)9-4-2-6-12(8-9)7-3-5-10(12)13/h9-10,13H,2-8H2,1H3. The molecule has 0 aromatic carbocycles.